The molecule has 0 fully saturated rings. The van der Waals surface area contributed by atoms with Crippen molar-refractivity contribution >= 4 is 15.9 Å². The first kappa shape index (κ1) is 12.6. The number of aryl methyl sites for hydroxylation is 2. The third kappa shape index (κ3) is 2.74. The zero-order valence-corrected chi connectivity index (χ0v) is 10.3. The molecule has 1 aromatic carbocycles. The summed E-state index contributed by atoms with van der Waals surface area (Å²) in [4.78, 5) is -1.08. The summed E-state index contributed by atoms with van der Waals surface area (Å²) in [5.74, 6) is -3.20. The van der Waals surface area contributed by atoms with Crippen LogP contribution >= 0.6 is 15.9 Å². The van der Waals surface area contributed by atoms with Crippen LogP contribution in [0.3, 0.4) is 0 Å². The number of alkyl halides is 3. The van der Waals surface area contributed by atoms with Gasteiger partial charge in [-0.3, -0.25) is 0 Å². The van der Waals surface area contributed by atoms with Gasteiger partial charge in [-0.15, -0.1) is 0 Å². The molecular formula is C11H12BrF3. The van der Waals surface area contributed by atoms with Crippen molar-refractivity contribution in [3.63, 3.8) is 0 Å². The minimum Gasteiger partial charge on any atom is -0.206 e. The molecule has 0 aliphatic carbocycles. The molecule has 0 aromatic heterocycles. The molecule has 0 amide bonds. The molecular weight excluding hydrogens is 269 g/mol. The summed E-state index contributed by atoms with van der Waals surface area (Å²) in [6, 6.07) is 2.89. The Morgan fingerprint density at radius 2 is 1.60 bits per heavy atom. The van der Waals surface area contributed by atoms with E-state index in [4.69, 9.17) is 0 Å². The highest BCUT2D eigenvalue weighted by Crippen LogP contribution is 2.39. The van der Waals surface area contributed by atoms with Gasteiger partial charge in [-0.1, -0.05) is 28.1 Å². The van der Waals surface area contributed by atoms with Crippen molar-refractivity contribution in [1.29, 1.82) is 0 Å². The van der Waals surface area contributed by atoms with E-state index >= 15 is 0 Å². The highest BCUT2D eigenvalue weighted by molar-refractivity contribution is 9.09. The van der Waals surface area contributed by atoms with Crippen molar-refractivity contribution < 1.29 is 13.2 Å². The van der Waals surface area contributed by atoms with Gasteiger partial charge in [0.1, 0.15) is 10.6 Å². The number of hydrogen-bond acceptors (Lipinski definition) is 0. The van der Waals surface area contributed by atoms with Gasteiger partial charge in [0.05, 0.1) is 0 Å². The van der Waals surface area contributed by atoms with E-state index in [1.807, 2.05) is 0 Å². The Bertz CT molecular complexity index is 346. The second-order valence-electron chi connectivity index (χ2n) is 3.79. The fraction of sp³-hybridized carbons (Fsp3) is 0.455. The van der Waals surface area contributed by atoms with Gasteiger partial charge in [0.2, 0.25) is 0 Å². The molecule has 15 heavy (non-hydrogen) atoms. The molecule has 1 aromatic rings. The number of halogens is 4. The standard InChI is InChI=1S/C11H12BrF3/c1-6-4-8(5-7(2)9(6)13)10(12)11(3,14)15/h4-5,10H,1-3H3. The van der Waals surface area contributed by atoms with E-state index < -0.39 is 10.7 Å². The van der Waals surface area contributed by atoms with E-state index in [0.29, 0.717) is 16.7 Å². The minimum atomic E-state index is -2.86. The van der Waals surface area contributed by atoms with Gasteiger partial charge in [-0.25, -0.2) is 13.2 Å². The molecule has 1 unspecified atom stereocenters. The fourth-order valence-corrected chi connectivity index (χ4v) is 1.68. The maximum Gasteiger partial charge on any atom is 0.261 e. The molecule has 0 bridgehead atoms. The van der Waals surface area contributed by atoms with Crippen LogP contribution in [0, 0.1) is 19.7 Å². The Morgan fingerprint density at radius 1 is 1.20 bits per heavy atom. The van der Waals surface area contributed by atoms with Gasteiger partial charge in [0.15, 0.2) is 0 Å². The molecule has 0 N–H and O–H groups in total. The van der Waals surface area contributed by atoms with Crippen molar-refractivity contribution in [3.05, 3.63) is 34.6 Å². The lowest BCUT2D eigenvalue weighted by atomic mass is 10.0. The van der Waals surface area contributed by atoms with Crippen molar-refractivity contribution in [2.24, 2.45) is 0 Å². The summed E-state index contributed by atoms with van der Waals surface area (Å²) >= 11 is 2.93. The van der Waals surface area contributed by atoms with Crippen molar-refractivity contribution in [2.75, 3.05) is 0 Å². The van der Waals surface area contributed by atoms with E-state index in [9.17, 15) is 13.2 Å². The van der Waals surface area contributed by atoms with Crippen molar-refractivity contribution in [2.45, 2.75) is 31.5 Å². The molecule has 0 saturated heterocycles. The summed E-state index contributed by atoms with van der Waals surface area (Å²) in [6.07, 6.45) is 0. The van der Waals surface area contributed by atoms with Crippen molar-refractivity contribution in [1.82, 2.24) is 0 Å². The Hall–Kier alpha value is -0.510. The predicted octanol–water partition coefficient (Wildman–Crippen LogP) is 4.53. The van der Waals surface area contributed by atoms with Crippen LogP contribution in [0.1, 0.15) is 28.4 Å². The molecule has 0 aliphatic rings. The molecule has 0 nitrogen and oxygen atoms in total. The topological polar surface area (TPSA) is 0 Å². The van der Waals surface area contributed by atoms with Crippen molar-refractivity contribution in [3.8, 4) is 0 Å². The maximum absolute atomic E-state index is 13.3. The summed E-state index contributed by atoms with van der Waals surface area (Å²) in [6.45, 7) is 3.97. The molecule has 1 rings (SSSR count). The molecule has 0 heterocycles. The van der Waals surface area contributed by atoms with E-state index in [1.165, 1.54) is 12.1 Å². The van der Waals surface area contributed by atoms with Crippen LogP contribution in [0.4, 0.5) is 13.2 Å². The van der Waals surface area contributed by atoms with E-state index in [0.717, 1.165) is 6.92 Å². The second-order valence-corrected chi connectivity index (χ2v) is 4.70. The fourth-order valence-electron chi connectivity index (χ4n) is 1.42. The first-order valence-corrected chi connectivity index (χ1v) is 5.43. The van der Waals surface area contributed by atoms with Gasteiger partial charge in [-0.2, -0.15) is 0 Å². The third-order valence-corrected chi connectivity index (χ3v) is 3.53. The maximum atomic E-state index is 13.3. The van der Waals surface area contributed by atoms with E-state index in [-0.39, 0.29) is 5.82 Å². The number of rotatable bonds is 2. The molecule has 0 aliphatic heterocycles. The largest absolute Gasteiger partial charge is 0.261 e. The molecule has 1 atom stereocenters. The molecule has 84 valence electrons. The normalized spacial score (nSPS) is 14.1. The highest BCUT2D eigenvalue weighted by Gasteiger charge is 2.33. The average Bonchev–Trinajstić information content (AvgIpc) is 2.10. The first-order chi connectivity index (χ1) is 6.73. The van der Waals surface area contributed by atoms with Gasteiger partial charge < -0.3 is 0 Å². The third-order valence-electron chi connectivity index (χ3n) is 2.20. The minimum absolute atomic E-state index is 0.335. The number of benzene rings is 1. The Labute approximate surface area is 95.6 Å². The van der Waals surface area contributed by atoms with Crippen LogP contribution < -0.4 is 0 Å². The summed E-state index contributed by atoms with van der Waals surface area (Å²) in [7, 11) is 0. The predicted molar refractivity (Wildman–Crippen MR) is 58.2 cm³/mol. The van der Waals surface area contributed by atoms with E-state index in [1.54, 1.807) is 13.8 Å². The quantitative estimate of drug-likeness (QED) is 0.698. The highest BCUT2D eigenvalue weighted by atomic mass is 79.9. The van der Waals surface area contributed by atoms with Gasteiger partial charge in [0.25, 0.3) is 5.92 Å². The van der Waals surface area contributed by atoms with Crippen LogP contribution in [0.5, 0.6) is 0 Å². The smallest absolute Gasteiger partial charge is 0.206 e. The summed E-state index contributed by atoms with van der Waals surface area (Å²) in [5.41, 5.74) is 1.18. The zero-order valence-electron chi connectivity index (χ0n) is 8.74. The monoisotopic (exact) mass is 280 g/mol. The Kier molecular flexibility index (Phi) is 3.48. The lowest BCUT2D eigenvalue weighted by molar-refractivity contribution is 0.0212. The first-order valence-electron chi connectivity index (χ1n) is 4.52. The van der Waals surface area contributed by atoms with Crippen LogP contribution in [0.15, 0.2) is 12.1 Å². The molecule has 0 saturated carbocycles. The van der Waals surface area contributed by atoms with Gasteiger partial charge in [-0.05, 0) is 30.5 Å². The molecule has 4 heteroatoms. The number of hydrogen-bond donors (Lipinski definition) is 0. The molecule has 0 radical (unpaired) electrons. The molecule has 0 spiro atoms. The van der Waals surface area contributed by atoms with Crippen LogP contribution in [-0.2, 0) is 0 Å². The second kappa shape index (κ2) is 4.16. The van der Waals surface area contributed by atoms with Gasteiger partial charge >= 0.3 is 0 Å². The summed E-state index contributed by atoms with van der Waals surface area (Å²) in [5, 5.41) is 0. The lowest BCUT2D eigenvalue weighted by Crippen LogP contribution is -2.17. The van der Waals surface area contributed by atoms with E-state index in [2.05, 4.69) is 15.9 Å². The van der Waals surface area contributed by atoms with Crippen LogP contribution in [-0.4, -0.2) is 5.92 Å². The van der Waals surface area contributed by atoms with Gasteiger partial charge in [0, 0.05) is 6.92 Å². The lowest BCUT2D eigenvalue weighted by Gasteiger charge is -2.19. The van der Waals surface area contributed by atoms with Crippen LogP contribution in [0.2, 0.25) is 0 Å². The van der Waals surface area contributed by atoms with Crippen LogP contribution in [0.25, 0.3) is 0 Å². The Morgan fingerprint density at radius 3 is 1.93 bits per heavy atom. The summed E-state index contributed by atoms with van der Waals surface area (Å²) < 4.78 is 39.3. The average molecular weight is 281 g/mol. The SMILES string of the molecule is Cc1cc(C(Br)C(C)(F)F)cc(C)c1F. The Balaban J connectivity index is 3.17. The zero-order chi connectivity index (χ0) is 11.8.